The smallest absolute Gasteiger partial charge is 0.271 e. The predicted octanol–water partition coefficient (Wildman–Crippen LogP) is 4.21. The topological polar surface area (TPSA) is 77.8 Å². The van der Waals surface area contributed by atoms with E-state index in [1.165, 1.54) is 0 Å². The zero-order valence-electron chi connectivity index (χ0n) is 17.4. The van der Waals surface area contributed by atoms with Crippen LogP contribution in [0.5, 0.6) is 11.5 Å². The summed E-state index contributed by atoms with van der Waals surface area (Å²) < 4.78 is 18.7. The Kier molecular flexibility index (Phi) is 5.25. The van der Waals surface area contributed by atoms with E-state index in [4.69, 9.17) is 19.2 Å². The lowest BCUT2D eigenvalue weighted by molar-refractivity contribution is -0.0705. The second kappa shape index (κ2) is 7.57. The van der Waals surface area contributed by atoms with Crippen LogP contribution in [-0.2, 0) is 4.74 Å². The Balaban J connectivity index is 1.81. The molecular formula is C21H27N3O4S. The minimum Gasteiger partial charge on any atom is -0.497 e. The molecule has 8 heteroatoms. The van der Waals surface area contributed by atoms with Crippen LogP contribution in [0.15, 0.2) is 28.0 Å². The number of aliphatic imine (C=N–C) groups is 1. The highest BCUT2D eigenvalue weighted by Crippen LogP contribution is 2.48. The number of ether oxygens (including phenoxy) is 3. The van der Waals surface area contributed by atoms with E-state index in [2.05, 4.69) is 18.9 Å². The van der Waals surface area contributed by atoms with Crippen LogP contribution in [0.2, 0.25) is 0 Å². The van der Waals surface area contributed by atoms with Gasteiger partial charge in [-0.05, 0) is 39.7 Å². The zero-order chi connectivity index (χ0) is 20.8. The van der Waals surface area contributed by atoms with Gasteiger partial charge in [0.25, 0.3) is 5.56 Å². The zero-order valence-corrected chi connectivity index (χ0v) is 18.3. The quantitative estimate of drug-likeness (QED) is 0.806. The third kappa shape index (κ3) is 3.71. The van der Waals surface area contributed by atoms with Crippen molar-refractivity contribution in [2.45, 2.75) is 50.5 Å². The van der Waals surface area contributed by atoms with Gasteiger partial charge in [0.05, 0.1) is 41.7 Å². The number of aromatic nitrogens is 2. The fourth-order valence-corrected chi connectivity index (χ4v) is 5.28. The molecule has 156 valence electrons. The van der Waals surface area contributed by atoms with Gasteiger partial charge in [-0.25, -0.2) is 4.99 Å². The van der Waals surface area contributed by atoms with Gasteiger partial charge in [-0.3, -0.25) is 14.6 Å². The molecule has 0 unspecified atom stereocenters. The largest absolute Gasteiger partial charge is 0.497 e. The second-order valence-electron chi connectivity index (χ2n) is 8.04. The number of nitrogens with one attached hydrogen (secondary N) is 1. The molecule has 2 atom stereocenters. The van der Waals surface area contributed by atoms with Crippen molar-refractivity contribution in [1.82, 2.24) is 9.78 Å². The number of fused-ring (bicyclic) bond motifs is 1. The van der Waals surface area contributed by atoms with E-state index in [1.54, 1.807) is 26.0 Å². The van der Waals surface area contributed by atoms with Crippen LogP contribution in [0.3, 0.4) is 0 Å². The first-order valence-corrected chi connectivity index (χ1v) is 10.6. The summed E-state index contributed by atoms with van der Waals surface area (Å²) in [6, 6.07) is 5.86. The molecule has 1 saturated heterocycles. The number of rotatable bonds is 4. The number of methoxy groups -OCH3 is 2. The van der Waals surface area contributed by atoms with Crippen molar-refractivity contribution < 1.29 is 14.2 Å². The standard InChI is InChI=1S/C21H27N3O4S/c1-12-22-19-17(18(29-12)15-7-6-14(26-4)10-16(15)27-5)20(25)23-24(19)13-8-9-28-21(2,3)11-13/h6-7,10,13,18H,8-9,11H2,1-5H3,(H,23,25)/t13-,18+/m0/s1. The van der Waals surface area contributed by atoms with Gasteiger partial charge in [-0.1, -0.05) is 17.8 Å². The van der Waals surface area contributed by atoms with Gasteiger partial charge in [-0.2, -0.15) is 0 Å². The summed E-state index contributed by atoms with van der Waals surface area (Å²) in [5.41, 5.74) is 1.28. The Morgan fingerprint density at radius 1 is 1.31 bits per heavy atom. The highest BCUT2D eigenvalue weighted by molar-refractivity contribution is 8.14. The molecule has 3 heterocycles. The van der Waals surface area contributed by atoms with Gasteiger partial charge in [0, 0.05) is 18.2 Å². The molecule has 2 aliphatic heterocycles. The van der Waals surface area contributed by atoms with Gasteiger partial charge >= 0.3 is 0 Å². The van der Waals surface area contributed by atoms with E-state index < -0.39 is 0 Å². The molecule has 2 aliphatic rings. The first-order chi connectivity index (χ1) is 13.8. The summed E-state index contributed by atoms with van der Waals surface area (Å²) in [6.45, 7) is 6.82. The summed E-state index contributed by atoms with van der Waals surface area (Å²) in [4.78, 5) is 17.8. The van der Waals surface area contributed by atoms with Gasteiger partial charge < -0.3 is 14.2 Å². The number of benzene rings is 1. The van der Waals surface area contributed by atoms with Crippen LogP contribution in [0.1, 0.15) is 56.0 Å². The van der Waals surface area contributed by atoms with Gasteiger partial charge in [0.1, 0.15) is 11.5 Å². The number of hydrogen-bond acceptors (Lipinski definition) is 6. The Morgan fingerprint density at radius 2 is 2.10 bits per heavy atom. The van der Waals surface area contributed by atoms with Crippen LogP contribution in [0.4, 0.5) is 5.82 Å². The molecule has 0 aliphatic carbocycles. The van der Waals surface area contributed by atoms with Crippen molar-refractivity contribution in [3.8, 4) is 11.5 Å². The van der Waals surface area contributed by atoms with Crippen molar-refractivity contribution in [1.29, 1.82) is 0 Å². The summed E-state index contributed by atoms with van der Waals surface area (Å²) >= 11 is 1.57. The highest BCUT2D eigenvalue weighted by Gasteiger charge is 2.36. The van der Waals surface area contributed by atoms with Crippen LogP contribution in [0, 0.1) is 0 Å². The average molecular weight is 418 g/mol. The molecule has 29 heavy (non-hydrogen) atoms. The molecule has 0 amide bonds. The van der Waals surface area contributed by atoms with E-state index in [0.717, 1.165) is 29.3 Å². The Hall–Kier alpha value is -2.19. The van der Waals surface area contributed by atoms with E-state index in [-0.39, 0.29) is 22.5 Å². The molecule has 1 fully saturated rings. The van der Waals surface area contributed by atoms with Crippen molar-refractivity contribution in [3.63, 3.8) is 0 Å². The molecule has 0 bridgehead atoms. The number of H-pyrrole nitrogens is 1. The molecule has 2 aromatic rings. The Labute approximate surface area is 174 Å². The maximum atomic E-state index is 13.0. The first kappa shape index (κ1) is 20.1. The maximum absolute atomic E-state index is 13.0. The molecule has 4 rings (SSSR count). The number of nitrogens with zero attached hydrogens (tertiary/aromatic N) is 2. The molecule has 7 nitrogen and oxygen atoms in total. The third-order valence-corrected chi connectivity index (χ3v) is 6.67. The molecule has 0 saturated carbocycles. The summed E-state index contributed by atoms with van der Waals surface area (Å²) in [5, 5.41) is 3.79. The number of aromatic amines is 1. The van der Waals surface area contributed by atoms with Crippen molar-refractivity contribution in [3.05, 3.63) is 39.7 Å². The molecule has 1 aromatic carbocycles. The average Bonchev–Trinajstić information content (AvgIpc) is 3.02. The normalized spacial score (nSPS) is 23.3. The lowest BCUT2D eigenvalue weighted by Crippen LogP contribution is -2.35. The molecule has 1 aromatic heterocycles. The molecule has 0 radical (unpaired) electrons. The van der Waals surface area contributed by atoms with Crippen molar-refractivity contribution >= 4 is 22.6 Å². The minimum atomic E-state index is -0.224. The lowest BCUT2D eigenvalue weighted by atomic mass is 9.94. The van der Waals surface area contributed by atoms with Crippen LogP contribution >= 0.6 is 11.8 Å². The molecule has 0 spiro atoms. The molecular weight excluding hydrogens is 390 g/mol. The van der Waals surface area contributed by atoms with Gasteiger partial charge in [0.15, 0.2) is 5.82 Å². The maximum Gasteiger partial charge on any atom is 0.271 e. The fourth-order valence-electron chi connectivity index (χ4n) is 4.15. The summed E-state index contributed by atoms with van der Waals surface area (Å²) in [5.74, 6) is 2.13. The number of hydrogen-bond donors (Lipinski definition) is 1. The monoisotopic (exact) mass is 417 g/mol. The second-order valence-corrected chi connectivity index (χ2v) is 9.34. The van der Waals surface area contributed by atoms with Crippen LogP contribution < -0.4 is 15.0 Å². The molecule has 1 N–H and O–H groups in total. The van der Waals surface area contributed by atoms with Crippen LogP contribution in [0.25, 0.3) is 0 Å². The van der Waals surface area contributed by atoms with Gasteiger partial charge in [-0.15, -0.1) is 0 Å². The van der Waals surface area contributed by atoms with Crippen LogP contribution in [-0.4, -0.2) is 41.3 Å². The van der Waals surface area contributed by atoms with Crippen molar-refractivity contribution in [2.75, 3.05) is 20.8 Å². The van der Waals surface area contributed by atoms with E-state index in [9.17, 15) is 4.79 Å². The third-order valence-electron chi connectivity index (χ3n) is 5.51. The SMILES string of the molecule is COc1ccc([C@H]2SC(C)=Nc3c2c(=O)[nH]n3[C@H]2CCOC(C)(C)C2)c(OC)c1. The van der Waals surface area contributed by atoms with Crippen molar-refractivity contribution in [2.24, 2.45) is 4.99 Å². The van der Waals surface area contributed by atoms with E-state index in [1.807, 2.05) is 29.8 Å². The predicted molar refractivity (Wildman–Crippen MR) is 115 cm³/mol. The first-order valence-electron chi connectivity index (χ1n) is 9.75. The summed E-state index contributed by atoms with van der Waals surface area (Å²) in [6.07, 6.45) is 1.67. The van der Waals surface area contributed by atoms with Gasteiger partial charge in [0.2, 0.25) is 0 Å². The Bertz CT molecular complexity index is 1010. The fraction of sp³-hybridized carbons (Fsp3) is 0.524. The van der Waals surface area contributed by atoms with E-state index in [0.29, 0.717) is 23.7 Å². The Morgan fingerprint density at radius 3 is 2.79 bits per heavy atom. The number of thioether (sulfide) groups is 1. The van der Waals surface area contributed by atoms with E-state index >= 15 is 0 Å². The lowest BCUT2D eigenvalue weighted by Gasteiger charge is -2.36. The summed E-state index contributed by atoms with van der Waals surface area (Å²) in [7, 11) is 3.26. The highest BCUT2D eigenvalue weighted by atomic mass is 32.2. The minimum absolute atomic E-state index is 0.101.